The number of benzene rings is 1. The van der Waals surface area contributed by atoms with Crippen molar-refractivity contribution in [1.29, 1.82) is 5.26 Å². The predicted molar refractivity (Wildman–Crippen MR) is 109 cm³/mol. The fraction of sp³-hybridized carbons (Fsp3) is 0.318. The average molecular weight is 402 g/mol. The third kappa shape index (κ3) is 4.88. The van der Waals surface area contributed by atoms with Gasteiger partial charge in [0.15, 0.2) is 0 Å². The van der Waals surface area contributed by atoms with Crippen molar-refractivity contribution >= 4 is 5.91 Å². The smallest absolute Gasteiger partial charge is 0.227 e. The van der Waals surface area contributed by atoms with Crippen LogP contribution < -0.4 is 0 Å². The van der Waals surface area contributed by atoms with Gasteiger partial charge >= 0.3 is 0 Å². The number of hydrogen-bond acceptors (Lipinski definition) is 7. The van der Waals surface area contributed by atoms with E-state index in [4.69, 9.17) is 9.78 Å². The van der Waals surface area contributed by atoms with Gasteiger partial charge in [-0.25, -0.2) is 0 Å². The van der Waals surface area contributed by atoms with Crippen LogP contribution in [-0.2, 0) is 17.8 Å². The van der Waals surface area contributed by atoms with Crippen LogP contribution in [0.25, 0.3) is 11.5 Å². The minimum absolute atomic E-state index is 0.102. The van der Waals surface area contributed by atoms with Gasteiger partial charge in [0.2, 0.25) is 17.6 Å². The molecule has 152 valence electrons. The highest BCUT2D eigenvalue weighted by atomic mass is 16.5. The highest BCUT2D eigenvalue weighted by Crippen LogP contribution is 2.14. The summed E-state index contributed by atoms with van der Waals surface area (Å²) in [6, 6.07) is 15.3. The molecule has 8 heteroatoms. The van der Waals surface area contributed by atoms with E-state index in [0.29, 0.717) is 48.9 Å². The van der Waals surface area contributed by atoms with Crippen LogP contribution in [0.1, 0.15) is 23.4 Å². The molecule has 0 N–H and O–H groups in total. The van der Waals surface area contributed by atoms with Gasteiger partial charge in [-0.1, -0.05) is 23.4 Å². The summed E-state index contributed by atoms with van der Waals surface area (Å²) in [5, 5.41) is 12.8. The lowest BCUT2D eigenvalue weighted by Gasteiger charge is -2.34. The highest BCUT2D eigenvalue weighted by Gasteiger charge is 2.21. The molecule has 0 unspecified atom stereocenters. The van der Waals surface area contributed by atoms with E-state index in [1.54, 1.807) is 6.20 Å². The Hall–Kier alpha value is -3.57. The monoisotopic (exact) mass is 402 g/mol. The molecule has 1 amide bonds. The Morgan fingerprint density at radius 3 is 2.60 bits per heavy atom. The van der Waals surface area contributed by atoms with E-state index in [9.17, 15) is 4.79 Å². The number of amides is 1. The number of rotatable bonds is 6. The Labute approximate surface area is 174 Å². The number of aromatic nitrogens is 3. The minimum atomic E-state index is 0.102. The zero-order valence-electron chi connectivity index (χ0n) is 16.6. The van der Waals surface area contributed by atoms with Crippen molar-refractivity contribution in [3.63, 3.8) is 0 Å². The van der Waals surface area contributed by atoms with Crippen molar-refractivity contribution in [2.45, 2.75) is 19.4 Å². The molecule has 1 fully saturated rings. The molecule has 1 saturated heterocycles. The molecular formula is C22H22N6O2. The summed E-state index contributed by atoms with van der Waals surface area (Å²) in [6.45, 7) is 3.90. The molecule has 1 aliphatic rings. The average Bonchev–Trinajstić information content (AvgIpc) is 3.28. The van der Waals surface area contributed by atoms with Gasteiger partial charge in [0.25, 0.3) is 0 Å². The predicted octanol–water partition coefficient (Wildman–Crippen LogP) is 2.28. The topological polar surface area (TPSA) is 99.2 Å². The molecule has 3 heterocycles. The molecule has 0 radical (unpaired) electrons. The maximum atomic E-state index is 12.6. The fourth-order valence-corrected chi connectivity index (χ4v) is 3.43. The summed E-state index contributed by atoms with van der Waals surface area (Å²) in [7, 11) is 0. The molecular weight excluding hydrogens is 380 g/mol. The van der Waals surface area contributed by atoms with E-state index in [2.05, 4.69) is 26.1 Å². The Bertz CT molecular complexity index is 1020. The molecule has 0 aliphatic carbocycles. The summed E-state index contributed by atoms with van der Waals surface area (Å²) < 4.78 is 5.26. The summed E-state index contributed by atoms with van der Waals surface area (Å²) in [4.78, 5) is 25.3. The number of carbonyl (C=O) groups excluding carboxylic acids is 1. The van der Waals surface area contributed by atoms with Gasteiger partial charge < -0.3 is 9.42 Å². The third-order valence-corrected chi connectivity index (χ3v) is 5.13. The molecule has 0 saturated carbocycles. The molecule has 0 bridgehead atoms. The fourth-order valence-electron chi connectivity index (χ4n) is 3.43. The van der Waals surface area contributed by atoms with Crippen LogP contribution >= 0.6 is 0 Å². The van der Waals surface area contributed by atoms with Crippen LogP contribution in [0, 0.1) is 11.3 Å². The molecule has 8 nitrogen and oxygen atoms in total. The normalized spacial score (nSPS) is 14.4. The van der Waals surface area contributed by atoms with Crippen molar-refractivity contribution < 1.29 is 9.32 Å². The first-order valence-electron chi connectivity index (χ1n) is 9.94. The van der Waals surface area contributed by atoms with Crippen molar-refractivity contribution in [2.24, 2.45) is 0 Å². The number of aryl methyl sites for hydroxylation is 1. The van der Waals surface area contributed by atoms with Crippen LogP contribution in [0.15, 0.2) is 53.2 Å². The molecule has 0 spiro atoms. The Balaban J connectivity index is 1.23. The SMILES string of the molecule is N#Cc1ccc(CN2CCN(C(=O)CCc3nc(-c4ccccn4)no3)CC2)cc1. The Kier molecular flexibility index (Phi) is 6.11. The first-order valence-corrected chi connectivity index (χ1v) is 9.94. The van der Waals surface area contributed by atoms with Crippen molar-refractivity contribution in [1.82, 2.24) is 24.9 Å². The highest BCUT2D eigenvalue weighted by molar-refractivity contribution is 5.76. The Morgan fingerprint density at radius 2 is 1.90 bits per heavy atom. The zero-order valence-corrected chi connectivity index (χ0v) is 16.6. The number of nitrogens with zero attached hydrogens (tertiary/aromatic N) is 6. The lowest BCUT2D eigenvalue weighted by molar-refractivity contribution is -0.133. The van der Waals surface area contributed by atoms with Gasteiger partial charge in [0.05, 0.1) is 11.6 Å². The maximum Gasteiger partial charge on any atom is 0.227 e. The van der Waals surface area contributed by atoms with E-state index in [-0.39, 0.29) is 5.91 Å². The molecule has 3 aromatic rings. The number of carbonyl (C=O) groups is 1. The van der Waals surface area contributed by atoms with Gasteiger partial charge in [0.1, 0.15) is 5.69 Å². The van der Waals surface area contributed by atoms with Crippen molar-refractivity contribution in [2.75, 3.05) is 26.2 Å². The second-order valence-electron chi connectivity index (χ2n) is 7.19. The number of hydrogen-bond donors (Lipinski definition) is 0. The molecule has 0 atom stereocenters. The summed E-state index contributed by atoms with van der Waals surface area (Å²) in [5.41, 5.74) is 2.49. The van der Waals surface area contributed by atoms with Crippen LogP contribution in [0.4, 0.5) is 0 Å². The molecule has 30 heavy (non-hydrogen) atoms. The van der Waals surface area contributed by atoms with Crippen LogP contribution in [-0.4, -0.2) is 57.0 Å². The Morgan fingerprint density at radius 1 is 1.10 bits per heavy atom. The minimum Gasteiger partial charge on any atom is -0.340 e. The second kappa shape index (κ2) is 9.29. The van der Waals surface area contributed by atoms with Crippen LogP contribution in [0.5, 0.6) is 0 Å². The maximum absolute atomic E-state index is 12.6. The molecule has 1 aliphatic heterocycles. The molecule has 1 aromatic carbocycles. The quantitative estimate of drug-likeness (QED) is 0.624. The number of pyridine rings is 1. The largest absolute Gasteiger partial charge is 0.340 e. The lowest BCUT2D eigenvalue weighted by Crippen LogP contribution is -2.48. The summed E-state index contributed by atoms with van der Waals surface area (Å²) in [6.07, 6.45) is 2.44. The van der Waals surface area contributed by atoms with E-state index in [0.717, 1.165) is 19.6 Å². The van der Waals surface area contributed by atoms with Crippen molar-refractivity contribution in [3.05, 3.63) is 65.7 Å². The standard InChI is InChI=1S/C22H22N6O2/c23-15-17-4-6-18(7-5-17)16-27-11-13-28(14-12-27)21(29)9-8-20-25-22(26-30-20)19-3-1-2-10-24-19/h1-7,10H,8-9,11-14,16H2. The first kappa shape index (κ1) is 19.7. The van der Waals surface area contributed by atoms with E-state index in [1.165, 1.54) is 5.56 Å². The van der Waals surface area contributed by atoms with Gasteiger partial charge in [-0.15, -0.1) is 0 Å². The number of piperazine rings is 1. The third-order valence-electron chi connectivity index (χ3n) is 5.13. The van der Waals surface area contributed by atoms with Crippen LogP contribution in [0.2, 0.25) is 0 Å². The summed E-state index contributed by atoms with van der Waals surface area (Å²) in [5.74, 6) is 0.989. The van der Waals surface area contributed by atoms with E-state index < -0.39 is 0 Å². The summed E-state index contributed by atoms with van der Waals surface area (Å²) >= 11 is 0. The first-order chi connectivity index (χ1) is 14.7. The van der Waals surface area contributed by atoms with Crippen LogP contribution in [0.3, 0.4) is 0 Å². The lowest BCUT2D eigenvalue weighted by atomic mass is 10.1. The van der Waals surface area contributed by atoms with Gasteiger partial charge in [-0.3, -0.25) is 14.7 Å². The van der Waals surface area contributed by atoms with E-state index >= 15 is 0 Å². The van der Waals surface area contributed by atoms with E-state index in [1.807, 2.05) is 47.4 Å². The van der Waals surface area contributed by atoms with Gasteiger partial charge in [-0.05, 0) is 29.8 Å². The second-order valence-corrected chi connectivity index (χ2v) is 7.19. The zero-order chi connectivity index (χ0) is 20.8. The van der Waals surface area contributed by atoms with Gasteiger partial charge in [0, 0.05) is 51.8 Å². The number of nitriles is 1. The van der Waals surface area contributed by atoms with Gasteiger partial charge in [-0.2, -0.15) is 10.2 Å². The van der Waals surface area contributed by atoms with Crippen molar-refractivity contribution in [3.8, 4) is 17.6 Å². The molecule has 4 rings (SSSR count). The molecule has 2 aromatic heterocycles.